The fourth-order valence-electron chi connectivity index (χ4n) is 3.42. The van der Waals surface area contributed by atoms with Gasteiger partial charge in [0.2, 0.25) is 5.91 Å². The number of nitrogens with one attached hydrogen (secondary N) is 1. The predicted molar refractivity (Wildman–Crippen MR) is 103 cm³/mol. The monoisotopic (exact) mass is 391 g/mol. The molecule has 144 valence electrons. The minimum atomic E-state index is -0.468. The van der Waals surface area contributed by atoms with Crippen molar-refractivity contribution in [3.05, 3.63) is 63.9 Å². The number of hydrogen-bond donors (Lipinski definition) is 2. The van der Waals surface area contributed by atoms with E-state index in [2.05, 4.69) is 5.32 Å². The summed E-state index contributed by atoms with van der Waals surface area (Å²) in [6.45, 7) is 2.53. The number of rotatable bonds is 7. The molecule has 0 bridgehead atoms. The summed E-state index contributed by atoms with van der Waals surface area (Å²) in [4.78, 5) is 11.9. The van der Waals surface area contributed by atoms with Crippen molar-refractivity contribution in [2.75, 3.05) is 13.2 Å². The number of fused-ring (bicyclic) bond motifs is 1. The van der Waals surface area contributed by atoms with Crippen LogP contribution >= 0.6 is 11.6 Å². The summed E-state index contributed by atoms with van der Waals surface area (Å²) in [5.41, 5.74) is 2.33. The molecule has 0 fully saturated rings. The van der Waals surface area contributed by atoms with E-state index in [0.717, 1.165) is 22.4 Å². The first-order valence-corrected chi connectivity index (χ1v) is 9.39. The number of carbonyl (C=O) groups excluding carboxylic acids is 1. The van der Waals surface area contributed by atoms with E-state index in [1.54, 1.807) is 6.07 Å². The Kier molecular flexibility index (Phi) is 6.02. The minimum absolute atomic E-state index is 0.0621. The molecule has 1 aliphatic heterocycles. The van der Waals surface area contributed by atoms with E-state index in [4.69, 9.17) is 21.4 Å². The van der Waals surface area contributed by atoms with Gasteiger partial charge in [0.1, 0.15) is 17.2 Å². The van der Waals surface area contributed by atoms with Gasteiger partial charge in [-0.15, -0.1) is 0 Å². The molecule has 0 radical (unpaired) electrons. The Morgan fingerprint density at radius 2 is 2.07 bits per heavy atom. The van der Waals surface area contributed by atoms with Crippen molar-refractivity contribution in [1.82, 2.24) is 5.32 Å². The van der Waals surface area contributed by atoms with Crippen LogP contribution in [0.3, 0.4) is 0 Å². The number of hydrogen-bond acceptors (Lipinski definition) is 3. The van der Waals surface area contributed by atoms with Gasteiger partial charge in [0, 0.05) is 26.0 Å². The number of aliphatic hydroxyl groups is 1. The van der Waals surface area contributed by atoms with Crippen LogP contribution in [-0.2, 0) is 24.1 Å². The largest absolute Gasteiger partial charge is 0.487 e. The molecule has 3 rings (SSSR count). The zero-order valence-corrected chi connectivity index (χ0v) is 16.0. The number of halogens is 2. The van der Waals surface area contributed by atoms with Gasteiger partial charge in [-0.05, 0) is 48.2 Å². The van der Waals surface area contributed by atoms with E-state index in [1.807, 2.05) is 31.2 Å². The lowest BCUT2D eigenvalue weighted by molar-refractivity contribution is -0.120. The number of amides is 1. The van der Waals surface area contributed by atoms with E-state index in [0.29, 0.717) is 25.8 Å². The van der Waals surface area contributed by atoms with Gasteiger partial charge in [0.25, 0.3) is 0 Å². The molecule has 1 atom stereocenters. The summed E-state index contributed by atoms with van der Waals surface area (Å²) in [6, 6.07) is 10.6. The lowest BCUT2D eigenvalue weighted by Gasteiger charge is -2.24. The Hall–Kier alpha value is -2.11. The predicted octanol–water partition coefficient (Wildman–Crippen LogP) is 3.46. The average Bonchev–Trinajstić information content (AvgIpc) is 2.93. The molecule has 6 heteroatoms. The summed E-state index contributed by atoms with van der Waals surface area (Å²) >= 11 is 5.75. The van der Waals surface area contributed by atoms with Gasteiger partial charge in [-0.3, -0.25) is 4.79 Å². The van der Waals surface area contributed by atoms with Gasteiger partial charge in [0.05, 0.1) is 11.4 Å². The van der Waals surface area contributed by atoms with E-state index >= 15 is 0 Å². The summed E-state index contributed by atoms with van der Waals surface area (Å²) in [5, 5.41) is 11.7. The zero-order chi connectivity index (χ0) is 19.4. The first-order chi connectivity index (χ1) is 12.9. The number of aliphatic hydroxyl groups excluding tert-OH is 1. The fraction of sp³-hybridized carbons (Fsp3) is 0.381. The topological polar surface area (TPSA) is 58.6 Å². The average molecular weight is 392 g/mol. The van der Waals surface area contributed by atoms with Crippen molar-refractivity contribution in [2.24, 2.45) is 0 Å². The minimum Gasteiger partial charge on any atom is -0.487 e. The number of ether oxygens (including phenoxy) is 1. The highest BCUT2D eigenvalue weighted by atomic mass is 35.5. The quantitative estimate of drug-likeness (QED) is 0.711. The van der Waals surface area contributed by atoms with E-state index in [-0.39, 0.29) is 24.0 Å². The Labute approximate surface area is 163 Å². The third-order valence-corrected chi connectivity index (χ3v) is 4.94. The second kappa shape index (κ2) is 8.28. The molecule has 1 heterocycles. The van der Waals surface area contributed by atoms with Crippen LogP contribution in [0.4, 0.5) is 4.39 Å². The van der Waals surface area contributed by atoms with Crippen LogP contribution < -0.4 is 10.1 Å². The molecule has 1 aliphatic rings. The summed E-state index contributed by atoms with van der Waals surface area (Å²) in [7, 11) is 0. The van der Waals surface area contributed by atoms with E-state index in [1.165, 1.54) is 6.07 Å². The lowest BCUT2D eigenvalue weighted by atomic mass is 9.91. The number of carbonyl (C=O) groups is 1. The van der Waals surface area contributed by atoms with Crippen molar-refractivity contribution in [3.8, 4) is 5.75 Å². The van der Waals surface area contributed by atoms with Crippen molar-refractivity contribution in [1.29, 1.82) is 0 Å². The maximum Gasteiger partial charge on any atom is 0.224 e. The molecule has 1 amide bonds. The molecule has 0 saturated carbocycles. The van der Waals surface area contributed by atoms with Gasteiger partial charge in [-0.25, -0.2) is 4.39 Å². The zero-order valence-electron chi connectivity index (χ0n) is 15.2. The van der Waals surface area contributed by atoms with Gasteiger partial charge in [-0.2, -0.15) is 0 Å². The van der Waals surface area contributed by atoms with E-state index < -0.39 is 11.4 Å². The normalized spacial score (nSPS) is 18.1. The molecule has 0 spiro atoms. The molecule has 0 aromatic heterocycles. The molecule has 4 nitrogen and oxygen atoms in total. The van der Waals surface area contributed by atoms with Crippen LogP contribution in [0.15, 0.2) is 36.4 Å². The van der Waals surface area contributed by atoms with E-state index in [9.17, 15) is 9.18 Å². The lowest BCUT2D eigenvalue weighted by Crippen LogP contribution is -2.32. The van der Waals surface area contributed by atoms with Crippen molar-refractivity contribution in [3.63, 3.8) is 0 Å². The second-order valence-corrected chi connectivity index (χ2v) is 7.61. The van der Waals surface area contributed by atoms with Crippen LogP contribution in [0.5, 0.6) is 5.75 Å². The first-order valence-electron chi connectivity index (χ1n) is 9.01. The molecule has 2 aromatic rings. The van der Waals surface area contributed by atoms with Crippen molar-refractivity contribution < 1.29 is 19.0 Å². The van der Waals surface area contributed by atoms with Crippen molar-refractivity contribution >= 4 is 17.5 Å². The summed E-state index contributed by atoms with van der Waals surface area (Å²) < 4.78 is 19.8. The van der Waals surface area contributed by atoms with Crippen LogP contribution in [0.25, 0.3) is 0 Å². The Bertz CT molecular complexity index is 842. The highest BCUT2D eigenvalue weighted by molar-refractivity contribution is 6.30. The van der Waals surface area contributed by atoms with Crippen LogP contribution in [0.2, 0.25) is 5.02 Å². The Balaban J connectivity index is 1.65. The summed E-state index contributed by atoms with van der Waals surface area (Å²) in [5.74, 6) is 0.306. The third kappa shape index (κ3) is 4.99. The fourth-order valence-corrected chi connectivity index (χ4v) is 3.54. The maximum absolute atomic E-state index is 13.7. The summed E-state index contributed by atoms with van der Waals surface area (Å²) in [6.07, 6.45) is 2.09. The van der Waals surface area contributed by atoms with Gasteiger partial charge >= 0.3 is 0 Å². The van der Waals surface area contributed by atoms with Gasteiger partial charge < -0.3 is 15.2 Å². The molecule has 0 saturated heterocycles. The van der Waals surface area contributed by atoms with Crippen molar-refractivity contribution in [2.45, 2.75) is 38.2 Å². The molecule has 2 aromatic carbocycles. The van der Waals surface area contributed by atoms with Crippen LogP contribution in [0, 0.1) is 5.82 Å². The highest BCUT2D eigenvalue weighted by Gasteiger charge is 2.35. The second-order valence-electron chi connectivity index (χ2n) is 7.20. The first kappa shape index (κ1) is 19.6. The third-order valence-electron chi connectivity index (χ3n) is 4.63. The molecule has 27 heavy (non-hydrogen) atoms. The molecule has 2 N–H and O–H groups in total. The van der Waals surface area contributed by atoms with Gasteiger partial charge in [-0.1, -0.05) is 29.8 Å². The number of benzene rings is 2. The Morgan fingerprint density at radius 1 is 1.30 bits per heavy atom. The highest BCUT2D eigenvalue weighted by Crippen LogP contribution is 2.37. The molecule has 0 aliphatic carbocycles. The smallest absolute Gasteiger partial charge is 0.224 e. The molecular formula is C21H23ClFNO3. The Morgan fingerprint density at radius 3 is 2.81 bits per heavy atom. The van der Waals surface area contributed by atoms with Crippen LogP contribution in [-0.4, -0.2) is 29.8 Å². The SMILES string of the molecule is C[C@]1(Cc2ccc(Cl)c(F)c2)Cc2cc(CC(=O)NCCCO)ccc2O1. The molecular weight excluding hydrogens is 369 g/mol. The molecule has 0 unspecified atom stereocenters. The standard InChI is InChI=1S/C21H23ClFNO3/c1-21(12-15-3-5-17(22)18(23)10-15)13-16-9-14(4-6-19(16)27-21)11-20(26)24-7-2-8-25/h3-6,9-10,25H,2,7-8,11-13H2,1H3,(H,24,26)/t21-/m0/s1. The van der Waals surface area contributed by atoms with Crippen LogP contribution in [0.1, 0.15) is 30.0 Å². The van der Waals surface area contributed by atoms with Gasteiger partial charge in [0.15, 0.2) is 0 Å². The maximum atomic E-state index is 13.7.